The number of hydrogen-bond acceptors (Lipinski definition) is 4. The van der Waals surface area contributed by atoms with Crippen LogP contribution in [0.5, 0.6) is 5.75 Å². The van der Waals surface area contributed by atoms with Crippen molar-refractivity contribution in [1.82, 2.24) is 0 Å². The van der Waals surface area contributed by atoms with Gasteiger partial charge >= 0.3 is 5.97 Å². The van der Waals surface area contributed by atoms with Crippen molar-refractivity contribution in [2.45, 2.75) is 57.0 Å². The fourth-order valence-corrected chi connectivity index (χ4v) is 5.32. The summed E-state index contributed by atoms with van der Waals surface area (Å²) >= 11 is 0. The fraction of sp³-hybridized carbons (Fsp3) is 0.571. The van der Waals surface area contributed by atoms with Crippen LogP contribution in [0.1, 0.15) is 61.8 Å². The zero-order valence-corrected chi connectivity index (χ0v) is 14.5. The summed E-state index contributed by atoms with van der Waals surface area (Å²) in [6, 6.07) is 4.17. The third-order valence-corrected chi connectivity index (χ3v) is 6.99. The first-order valence-electron chi connectivity index (χ1n) is 9.41. The van der Waals surface area contributed by atoms with Gasteiger partial charge in [-0.2, -0.15) is 0 Å². The Morgan fingerprint density at radius 3 is 2.88 bits per heavy atom. The molecule has 4 heteroatoms. The van der Waals surface area contributed by atoms with Gasteiger partial charge in [-0.05, 0) is 67.1 Å². The average Bonchev–Trinajstić information content (AvgIpc) is 3.32. The molecule has 1 saturated carbocycles. The van der Waals surface area contributed by atoms with Crippen LogP contribution in [0.25, 0.3) is 0 Å². The Balaban J connectivity index is 1.61. The van der Waals surface area contributed by atoms with E-state index in [1.807, 2.05) is 6.07 Å². The van der Waals surface area contributed by atoms with Gasteiger partial charge in [0.05, 0.1) is 6.10 Å². The second-order valence-electron chi connectivity index (χ2n) is 8.48. The maximum atomic E-state index is 11.9. The van der Waals surface area contributed by atoms with Gasteiger partial charge in [0.1, 0.15) is 12.4 Å². The highest BCUT2D eigenvalue weighted by Crippen LogP contribution is 2.57. The first-order valence-corrected chi connectivity index (χ1v) is 9.41. The molecule has 3 unspecified atom stereocenters. The van der Waals surface area contributed by atoms with E-state index in [1.165, 1.54) is 12.8 Å². The van der Waals surface area contributed by atoms with E-state index in [0.29, 0.717) is 24.7 Å². The summed E-state index contributed by atoms with van der Waals surface area (Å²) < 4.78 is 5.27. The average molecular weight is 340 g/mol. The number of carbonyl (C=O) groups is 1. The number of esters is 1. The van der Waals surface area contributed by atoms with E-state index in [-0.39, 0.29) is 17.3 Å². The Hall–Kier alpha value is -1.81. The van der Waals surface area contributed by atoms with Gasteiger partial charge in [0.15, 0.2) is 0 Å². The van der Waals surface area contributed by atoms with Gasteiger partial charge in [-0.1, -0.05) is 19.1 Å². The van der Waals surface area contributed by atoms with Crippen molar-refractivity contribution in [3.05, 3.63) is 40.0 Å². The van der Waals surface area contributed by atoms with E-state index < -0.39 is 6.10 Å². The first kappa shape index (κ1) is 15.4. The number of phenols is 1. The third-order valence-electron chi connectivity index (χ3n) is 6.99. The van der Waals surface area contributed by atoms with Gasteiger partial charge in [-0.15, -0.1) is 0 Å². The van der Waals surface area contributed by atoms with Crippen molar-refractivity contribution in [2.24, 2.45) is 11.8 Å². The number of phenolic OH excluding ortho intramolecular Hbond substituents is 1. The van der Waals surface area contributed by atoms with Gasteiger partial charge in [-0.3, -0.25) is 0 Å². The van der Waals surface area contributed by atoms with Crippen LogP contribution in [0, 0.1) is 11.8 Å². The van der Waals surface area contributed by atoms with E-state index in [0.717, 1.165) is 47.1 Å². The summed E-state index contributed by atoms with van der Waals surface area (Å²) in [5.74, 6) is 0.922. The van der Waals surface area contributed by atoms with Gasteiger partial charge < -0.3 is 14.9 Å². The lowest BCUT2D eigenvalue weighted by Crippen LogP contribution is -2.42. The monoisotopic (exact) mass is 340 g/mol. The summed E-state index contributed by atoms with van der Waals surface area (Å²) in [4.78, 5) is 11.9. The molecular formula is C21H24O4. The van der Waals surface area contributed by atoms with Crippen molar-refractivity contribution >= 4 is 5.97 Å². The molecule has 1 aromatic rings. The van der Waals surface area contributed by atoms with Crippen LogP contribution in [0.3, 0.4) is 0 Å². The zero-order chi connectivity index (χ0) is 17.3. The lowest BCUT2D eigenvalue weighted by atomic mass is 9.56. The van der Waals surface area contributed by atoms with Crippen molar-refractivity contribution in [3.8, 4) is 5.75 Å². The van der Waals surface area contributed by atoms with Gasteiger partial charge in [-0.25, -0.2) is 4.79 Å². The Labute approximate surface area is 147 Å². The minimum atomic E-state index is -0.685. The van der Waals surface area contributed by atoms with Crippen LogP contribution >= 0.6 is 0 Å². The molecule has 4 aliphatic rings. The van der Waals surface area contributed by atoms with Crippen LogP contribution < -0.4 is 0 Å². The molecule has 3 aliphatic carbocycles. The topological polar surface area (TPSA) is 66.8 Å². The maximum absolute atomic E-state index is 11.9. The quantitative estimate of drug-likeness (QED) is 0.811. The molecule has 1 fully saturated rings. The van der Waals surface area contributed by atoms with E-state index in [9.17, 15) is 15.0 Å². The summed E-state index contributed by atoms with van der Waals surface area (Å²) in [5, 5.41) is 21.7. The molecule has 0 spiro atoms. The number of aromatic hydroxyl groups is 1. The number of ether oxygens (including phenoxy) is 1. The van der Waals surface area contributed by atoms with Gasteiger partial charge in [0.25, 0.3) is 0 Å². The Bertz CT molecular complexity index is 804. The van der Waals surface area contributed by atoms with Crippen LogP contribution in [-0.2, 0) is 21.4 Å². The normalized spacial score (nSPS) is 33.6. The molecule has 0 amide bonds. The SMILES string of the molecule is CC12CCC3=C(COC3=O)C1CC(O)c1c2ccc(CC2CC2)c1O. The number of cyclic esters (lactones) is 1. The number of hydrogen-bond donors (Lipinski definition) is 2. The Kier molecular flexibility index (Phi) is 3.15. The molecule has 132 valence electrons. The molecular weight excluding hydrogens is 316 g/mol. The minimum absolute atomic E-state index is 0.110. The molecule has 0 saturated heterocycles. The van der Waals surface area contributed by atoms with Crippen molar-refractivity contribution in [1.29, 1.82) is 0 Å². The Morgan fingerprint density at radius 1 is 1.32 bits per heavy atom. The summed E-state index contributed by atoms with van der Waals surface area (Å²) in [7, 11) is 0. The molecule has 25 heavy (non-hydrogen) atoms. The second-order valence-corrected chi connectivity index (χ2v) is 8.48. The molecule has 5 rings (SSSR count). The van der Waals surface area contributed by atoms with Crippen LogP contribution in [0.2, 0.25) is 0 Å². The van der Waals surface area contributed by atoms with Gasteiger partial charge in [0.2, 0.25) is 0 Å². The first-order chi connectivity index (χ1) is 12.0. The highest BCUT2D eigenvalue weighted by molar-refractivity contribution is 5.92. The molecule has 0 bridgehead atoms. The molecule has 2 N–H and O–H groups in total. The van der Waals surface area contributed by atoms with Crippen LogP contribution in [0.4, 0.5) is 0 Å². The van der Waals surface area contributed by atoms with Crippen LogP contribution in [0.15, 0.2) is 23.3 Å². The summed E-state index contributed by atoms with van der Waals surface area (Å²) in [5.41, 5.74) is 4.50. The third kappa shape index (κ3) is 2.13. The number of aliphatic hydroxyl groups excluding tert-OH is 1. The molecule has 1 aliphatic heterocycles. The largest absolute Gasteiger partial charge is 0.507 e. The lowest BCUT2D eigenvalue weighted by Gasteiger charge is -2.48. The maximum Gasteiger partial charge on any atom is 0.334 e. The van der Waals surface area contributed by atoms with Crippen LogP contribution in [-0.4, -0.2) is 22.8 Å². The molecule has 0 aromatic heterocycles. The number of carbonyl (C=O) groups excluding carboxylic acids is 1. The number of aliphatic hydroxyl groups is 1. The lowest BCUT2D eigenvalue weighted by molar-refractivity contribution is -0.136. The Morgan fingerprint density at radius 2 is 2.12 bits per heavy atom. The van der Waals surface area contributed by atoms with Crippen molar-refractivity contribution in [3.63, 3.8) is 0 Å². The molecule has 1 aromatic carbocycles. The summed E-state index contributed by atoms with van der Waals surface area (Å²) in [6.07, 6.45) is 4.83. The van der Waals surface area contributed by atoms with E-state index >= 15 is 0 Å². The van der Waals surface area contributed by atoms with Crippen molar-refractivity contribution < 1.29 is 19.7 Å². The van der Waals surface area contributed by atoms with E-state index in [4.69, 9.17) is 4.74 Å². The van der Waals surface area contributed by atoms with E-state index in [2.05, 4.69) is 13.0 Å². The fourth-order valence-electron chi connectivity index (χ4n) is 5.32. The number of benzene rings is 1. The number of rotatable bonds is 2. The highest BCUT2D eigenvalue weighted by atomic mass is 16.5. The zero-order valence-electron chi connectivity index (χ0n) is 14.5. The highest BCUT2D eigenvalue weighted by Gasteiger charge is 2.51. The second kappa shape index (κ2) is 5.10. The van der Waals surface area contributed by atoms with Gasteiger partial charge in [0, 0.05) is 16.6 Å². The summed E-state index contributed by atoms with van der Waals surface area (Å²) in [6.45, 7) is 2.58. The molecule has 3 atom stereocenters. The van der Waals surface area contributed by atoms with Crippen molar-refractivity contribution in [2.75, 3.05) is 6.61 Å². The molecule has 1 heterocycles. The molecule has 4 nitrogen and oxygen atoms in total. The molecule has 0 radical (unpaired) electrons. The predicted octanol–water partition coefficient (Wildman–Crippen LogP) is 3.30. The van der Waals surface area contributed by atoms with E-state index in [1.54, 1.807) is 0 Å². The predicted molar refractivity (Wildman–Crippen MR) is 92.2 cm³/mol. The minimum Gasteiger partial charge on any atom is -0.507 e. The number of fused-ring (bicyclic) bond motifs is 4. The smallest absolute Gasteiger partial charge is 0.334 e. The standard InChI is InChI=1S/C21H24O4/c1-21-7-6-13-14(10-25-20(13)24)16(21)9-17(22)18-15(21)5-4-12(19(18)23)8-11-2-3-11/h4-5,11,16-17,22-23H,2-3,6-10H2,1H3.